The number of nitrogens with zero attached hydrogens (tertiary/aromatic N) is 3. The highest BCUT2D eigenvalue weighted by molar-refractivity contribution is 5.84. The van der Waals surface area contributed by atoms with Crippen LogP contribution in [0.5, 0.6) is 5.75 Å². The number of ether oxygens (including phenoxy) is 3. The van der Waals surface area contributed by atoms with Gasteiger partial charge >= 0.3 is 17.9 Å². The van der Waals surface area contributed by atoms with Crippen LogP contribution in [0.25, 0.3) is 16.7 Å². The first-order chi connectivity index (χ1) is 29.7. The zero-order chi connectivity index (χ0) is 46.8. The lowest BCUT2D eigenvalue weighted by molar-refractivity contribution is -0.188. The topological polar surface area (TPSA) is 130 Å². The number of phenolic OH excluding ortho intramolecular Hbond substituents is 1. The summed E-state index contributed by atoms with van der Waals surface area (Å²) in [6.45, 7) is 27.2. The molecule has 63 heavy (non-hydrogen) atoms. The van der Waals surface area contributed by atoms with Crippen LogP contribution in [0.3, 0.4) is 0 Å². The van der Waals surface area contributed by atoms with Crippen molar-refractivity contribution in [3.8, 4) is 11.4 Å². The fourth-order valence-corrected chi connectivity index (χ4v) is 10.5. The molecule has 1 aromatic heterocycles. The molecule has 2 heterocycles. The number of rotatable bonds is 21. The molecule has 0 radical (unpaired) electrons. The predicted octanol–water partition coefficient (Wildman–Crippen LogP) is 13.0. The summed E-state index contributed by atoms with van der Waals surface area (Å²) in [5.41, 5.74) is 0.603. The van der Waals surface area contributed by atoms with Crippen molar-refractivity contribution in [1.29, 1.82) is 0 Å². The van der Waals surface area contributed by atoms with E-state index in [0.29, 0.717) is 36.0 Å². The largest absolute Gasteiger partial charge is 0.506 e. The summed E-state index contributed by atoms with van der Waals surface area (Å²) in [5.74, 6) is -2.91. The highest BCUT2D eigenvalue weighted by Crippen LogP contribution is 2.62. The molecule has 0 amide bonds. The number of aromatic nitrogens is 3. The summed E-state index contributed by atoms with van der Waals surface area (Å²) < 4.78 is 18.8. The van der Waals surface area contributed by atoms with Gasteiger partial charge in [0.2, 0.25) is 0 Å². The molecule has 1 aliphatic heterocycles. The van der Waals surface area contributed by atoms with Gasteiger partial charge in [-0.15, -0.1) is 15.0 Å². The molecule has 3 aromatic rings. The Morgan fingerprint density at radius 3 is 2.03 bits per heavy atom. The summed E-state index contributed by atoms with van der Waals surface area (Å²) >= 11 is 0. The molecular formula is C53H83N3O7. The molecule has 5 bridgehead atoms. The molecule has 0 saturated heterocycles. The Kier molecular flexibility index (Phi) is 18.3. The zero-order valence-corrected chi connectivity index (χ0v) is 41.4. The maximum atomic E-state index is 15.3. The van der Waals surface area contributed by atoms with Crippen molar-refractivity contribution in [2.45, 2.75) is 204 Å². The van der Waals surface area contributed by atoms with E-state index in [2.05, 4.69) is 55.4 Å². The van der Waals surface area contributed by atoms with E-state index in [1.54, 1.807) is 6.07 Å². The van der Waals surface area contributed by atoms with E-state index in [-0.39, 0.29) is 42.3 Å². The van der Waals surface area contributed by atoms with Gasteiger partial charge in [-0.25, -0.2) is 0 Å². The zero-order valence-electron chi connectivity index (χ0n) is 41.4. The number of phenols is 1. The third kappa shape index (κ3) is 12.2. The number of hydrogen-bond acceptors (Lipinski definition) is 9. The van der Waals surface area contributed by atoms with E-state index in [1.807, 2.05) is 65.0 Å². The number of aromatic hydroxyl groups is 1. The first-order valence-electron chi connectivity index (χ1n) is 24.5. The number of carbonyl (C=O) groups is 3. The minimum absolute atomic E-state index is 0.100. The summed E-state index contributed by atoms with van der Waals surface area (Å²) in [4.78, 5) is 46.9. The third-order valence-corrected chi connectivity index (χ3v) is 14.7. The van der Waals surface area contributed by atoms with Crippen molar-refractivity contribution < 1.29 is 33.7 Å². The molecule has 1 N–H and O–H groups in total. The van der Waals surface area contributed by atoms with E-state index in [1.165, 1.54) is 4.80 Å². The number of cyclic esters (lactones) is 1. The molecule has 10 nitrogen and oxygen atoms in total. The van der Waals surface area contributed by atoms with Gasteiger partial charge < -0.3 is 19.3 Å². The molecule has 4 rings (SSSR count). The van der Waals surface area contributed by atoms with Gasteiger partial charge in [0.1, 0.15) is 22.5 Å². The number of fused-ring (bicyclic) bond motifs is 5. The van der Waals surface area contributed by atoms with Crippen LogP contribution < -0.4 is 0 Å². The highest BCUT2D eigenvalue weighted by atomic mass is 16.6. The van der Waals surface area contributed by atoms with Crippen LogP contribution in [0.4, 0.5) is 0 Å². The average Bonchev–Trinajstić information content (AvgIpc) is 3.64. The quantitative estimate of drug-likeness (QED) is 0.0631. The molecule has 352 valence electrons. The number of aryl methyl sites for hydroxylation is 1. The van der Waals surface area contributed by atoms with E-state index < -0.39 is 39.6 Å². The summed E-state index contributed by atoms with van der Waals surface area (Å²) in [7, 11) is 0. The Morgan fingerprint density at radius 1 is 0.810 bits per heavy atom. The average molecular weight is 874 g/mol. The molecule has 0 saturated carbocycles. The minimum atomic E-state index is -1.07. The molecule has 6 atom stereocenters. The van der Waals surface area contributed by atoms with Crippen molar-refractivity contribution >= 4 is 28.9 Å². The van der Waals surface area contributed by atoms with Gasteiger partial charge in [-0.05, 0) is 137 Å². The number of esters is 3. The lowest BCUT2D eigenvalue weighted by Crippen LogP contribution is -2.57. The number of benzene rings is 2. The van der Waals surface area contributed by atoms with Crippen LogP contribution in [-0.2, 0) is 35.0 Å². The second-order valence-corrected chi connectivity index (χ2v) is 20.9. The van der Waals surface area contributed by atoms with Crippen molar-refractivity contribution in [1.82, 2.24) is 15.0 Å². The smallest absolute Gasteiger partial charge is 0.312 e. The highest BCUT2D eigenvalue weighted by Gasteiger charge is 2.61. The number of carbonyl (C=O) groups excluding carboxylic acids is 3. The Morgan fingerprint density at radius 2 is 1.41 bits per heavy atom. The maximum Gasteiger partial charge on any atom is 0.312 e. The van der Waals surface area contributed by atoms with Gasteiger partial charge in [0, 0.05) is 0 Å². The molecule has 10 heteroatoms. The first kappa shape index (κ1) is 51.7. The molecule has 0 spiro atoms. The first-order valence-corrected chi connectivity index (χ1v) is 24.5. The van der Waals surface area contributed by atoms with Crippen LogP contribution in [0.15, 0.2) is 36.4 Å². The fourth-order valence-electron chi connectivity index (χ4n) is 10.5. The molecule has 0 aliphatic carbocycles. The van der Waals surface area contributed by atoms with Crippen LogP contribution >= 0.6 is 0 Å². The molecular weight excluding hydrogens is 791 g/mol. The predicted molar refractivity (Wildman–Crippen MR) is 253 cm³/mol. The van der Waals surface area contributed by atoms with Crippen molar-refractivity contribution in [3.05, 3.63) is 47.5 Å². The van der Waals surface area contributed by atoms with Gasteiger partial charge in [0.15, 0.2) is 0 Å². The second kappa shape index (κ2) is 22.3. The maximum absolute atomic E-state index is 15.3. The monoisotopic (exact) mass is 874 g/mol. The van der Waals surface area contributed by atoms with E-state index in [4.69, 9.17) is 24.4 Å². The second-order valence-electron chi connectivity index (χ2n) is 20.9. The van der Waals surface area contributed by atoms with Gasteiger partial charge in [-0.3, -0.25) is 14.4 Å². The summed E-state index contributed by atoms with van der Waals surface area (Å²) in [6, 6.07) is 11.5. The van der Waals surface area contributed by atoms with Gasteiger partial charge in [0.05, 0.1) is 36.1 Å². The van der Waals surface area contributed by atoms with Crippen molar-refractivity contribution in [3.63, 3.8) is 0 Å². The van der Waals surface area contributed by atoms with Crippen molar-refractivity contribution in [2.75, 3.05) is 6.61 Å². The Balaban J connectivity index is 2.01. The van der Waals surface area contributed by atoms with Crippen LogP contribution in [0, 0.1) is 33.5 Å². The van der Waals surface area contributed by atoms with Gasteiger partial charge in [-0.2, -0.15) is 0 Å². The van der Waals surface area contributed by atoms with E-state index in [0.717, 1.165) is 88.2 Å². The lowest BCUT2D eigenvalue weighted by Gasteiger charge is -2.57. The van der Waals surface area contributed by atoms with E-state index in [9.17, 15) is 9.90 Å². The Hall–Kier alpha value is -3.95. The van der Waals surface area contributed by atoms with Crippen LogP contribution in [0.1, 0.15) is 197 Å². The normalized spacial score (nSPS) is 20.4. The van der Waals surface area contributed by atoms with Crippen LogP contribution in [-0.4, -0.2) is 56.8 Å². The summed E-state index contributed by atoms with van der Waals surface area (Å²) in [6.07, 6.45) is 11.6. The summed E-state index contributed by atoms with van der Waals surface area (Å²) in [5, 5.41) is 20.5. The van der Waals surface area contributed by atoms with Gasteiger partial charge in [0.25, 0.3) is 0 Å². The molecule has 1 aliphatic rings. The Labute approximate surface area is 380 Å². The van der Waals surface area contributed by atoms with E-state index >= 15 is 9.59 Å². The van der Waals surface area contributed by atoms with Gasteiger partial charge in [-0.1, -0.05) is 119 Å². The molecule has 0 fully saturated rings. The van der Waals surface area contributed by atoms with Crippen LogP contribution in [0.2, 0.25) is 0 Å². The third-order valence-electron chi connectivity index (χ3n) is 14.7. The fraction of sp³-hybridized carbons (Fsp3) is 0.717. The molecule has 2 aromatic carbocycles. The molecule has 6 unspecified atom stereocenters. The minimum Gasteiger partial charge on any atom is -0.506 e. The lowest BCUT2D eigenvalue weighted by atomic mass is 9.46. The number of unbranched alkanes of at least 4 members (excludes halogenated alkanes) is 5. The standard InChI is InChI=1S/C53H83N3O7/c1-14-17-21-29-50(9,10)45(47(58)62-36(4)5)46(48(59)63-37(6)7)53(13,31-19-16-3)51(11,30-22-18-15-2)35-52(12)38(8)40-26-27-41-42(34-40)55-56(54-41)43-33-39(25-28-44(43)57)24-20-23-32-61-49(52)60/h25-28,33-34,36-38,45-46,57H,14-24,29-32,35H2,1-13H3. The Bertz CT molecular complexity index is 1970. The van der Waals surface area contributed by atoms with Crippen molar-refractivity contribution in [2.24, 2.45) is 33.5 Å². The number of hydrogen-bond donors (Lipinski definition) is 1. The SMILES string of the molecule is CCCCCC(C)(C)C(C(=O)OC(C)C)C(C(=O)OC(C)C)C(C)(CCCC)C(C)(CCCCC)CC1(C)C(=O)OCCCCc2ccc(O)c(c2)-n2nc3ccc(cc3n2)C1C.